The van der Waals surface area contributed by atoms with Crippen LogP contribution in [0.2, 0.25) is 0 Å². The standard InChI is InChI=1S/C15H23NO/c1-3-15(17)14(16-4-2)12-8-11-13-9-6-5-7-10-13/h5-7,9-10,14,16H,3-4,8,11-12H2,1-2H3. The smallest absolute Gasteiger partial charge is 0.149 e. The van der Waals surface area contributed by atoms with Gasteiger partial charge < -0.3 is 5.32 Å². The molecule has 1 aromatic carbocycles. The lowest BCUT2D eigenvalue weighted by Crippen LogP contribution is -2.36. The van der Waals surface area contributed by atoms with E-state index in [9.17, 15) is 4.79 Å². The molecule has 1 aromatic rings. The summed E-state index contributed by atoms with van der Waals surface area (Å²) in [6.07, 6.45) is 3.69. The van der Waals surface area contributed by atoms with Crippen LogP contribution in [0.5, 0.6) is 0 Å². The van der Waals surface area contributed by atoms with Gasteiger partial charge in [-0.05, 0) is 31.4 Å². The van der Waals surface area contributed by atoms with E-state index in [1.165, 1.54) is 5.56 Å². The molecule has 0 saturated heterocycles. The van der Waals surface area contributed by atoms with E-state index >= 15 is 0 Å². The Labute approximate surface area is 104 Å². The lowest BCUT2D eigenvalue weighted by molar-refractivity contribution is -0.120. The van der Waals surface area contributed by atoms with Gasteiger partial charge in [0.05, 0.1) is 6.04 Å². The zero-order chi connectivity index (χ0) is 12.5. The monoisotopic (exact) mass is 233 g/mol. The van der Waals surface area contributed by atoms with Crippen molar-refractivity contribution in [2.45, 2.75) is 45.6 Å². The summed E-state index contributed by atoms with van der Waals surface area (Å²) in [5.41, 5.74) is 1.35. The van der Waals surface area contributed by atoms with Crippen LogP contribution in [-0.2, 0) is 11.2 Å². The third-order valence-electron chi connectivity index (χ3n) is 2.99. The van der Waals surface area contributed by atoms with E-state index in [0.717, 1.165) is 25.8 Å². The average molecular weight is 233 g/mol. The number of carbonyl (C=O) groups is 1. The van der Waals surface area contributed by atoms with Crippen molar-refractivity contribution in [1.29, 1.82) is 0 Å². The van der Waals surface area contributed by atoms with Gasteiger partial charge >= 0.3 is 0 Å². The van der Waals surface area contributed by atoms with Crippen LogP contribution in [0.15, 0.2) is 30.3 Å². The van der Waals surface area contributed by atoms with Gasteiger partial charge in [0.1, 0.15) is 5.78 Å². The van der Waals surface area contributed by atoms with Gasteiger partial charge in [0.15, 0.2) is 0 Å². The molecule has 1 unspecified atom stereocenters. The van der Waals surface area contributed by atoms with Crippen LogP contribution in [-0.4, -0.2) is 18.4 Å². The number of ketones is 1. The molecule has 0 aliphatic carbocycles. The van der Waals surface area contributed by atoms with E-state index in [1.54, 1.807) is 0 Å². The average Bonchev–Trinajstić information content (AvgIpc) is 2.38. The molecule has 0 aromatic heterocycles. The molecular weight excluding hydrogens is 210 g/mol. The van der Waals surface area contributed by atoms with Gasteiger partial charge in [-0.1, -0.05) is 44.2 Å². The molecule has 94 valence electrons. The summed E-state index contributed by atoms with van der Waals surface area (Å²) in [5, 5.41) is 3.27. The largest absolute Gasteiger partial charge is 0.308 e. The van der Waals surface area contributed by atoms with Gasteiger partial charge in [-0.25, -0.2) is 0 Å². The number of Topliss-reactive ketones (excluding diaryl/α,β-unsaturated/α-hetero) is 1. The molecule has 0 heterocycles. The predicted octanol–water partition coefficient (Wildman–Crippen LogP) is 2.97. The summed E-state index contributed by atoms with van der Waals surface area (Å²) >= 11 is 0. The highest BCUT2D eigenvalue weighted by molar-refractivity contribution is 5.83. The normalized spacial score (nSPS) is 12.4. The molecule has 0 saturated carbocycles. The number of likely N-dealkylation sites (N-methyl/N-ethyl adjacent to an activating group) is 1. The molecule has 0 spiro atoms. The number of aryl methyl sites for hydroxylation is 1. The van der Waals surface area contributed by atoms with Crippen molar-refractivity contribution < 1.29 is 4.79 Å². The summed E-state index contributed by atoms with van der Waals surface area (Å²) in [5.74, 6) is 0.333. The van der Waals surface area contributed by atoms with Crippen molar-refractivity contribution in [3.63, 3.8) is 0 Å². The number of carbonyl (C=O) groups excluding carboxylic acids is 1. The van der Waals surface area contributed by atoms with Gasteiger partial charge in [0, 0.05) is 6.42 Å². The Morgan fingerprint density at radius 2 is 1.94 bits per heavy atom. The highest BCUT2D eigenvalue weighted by Gasteiger charge is 2.14. The molecule has 2 nitrogen and oxygen atoms in total. The minimum absolute atomic E-state index is 0.0497. The highest BCUT2D eigenvalue weighted by atomic mass is 16.1. The molecule has 0 amide bonds. The van der Waals surface area contributed by atoms with Crippen molar-refractivity contribution in [2.24, 2.45) is 0 Å². The Bertz CT molecular complexity index is 321. The molecule has 0 bridgehead atoms. The van der Waals surface area contributed by atoms with Gasteiger partial charge in [0.25, 0.3) is 0 Å². The van der Waals surface area contributed by atoms with Crippen LogP contribution in [0.3, 0.4) is 0 Å². The van der Waals surface area contributed by atoms with E-state index < -0.39 is 0 Å². The predicted molar refractivity (Wildman–Crippen MR) is 72.1 cm³/mol. The lowest BCUT2D eigenvalue weighted by atomic mass is 10.0. The Balaban J connectivity index is 2.34. The fourth-order valence-electron chi connectivity index (χ4n) is 2.02. The number of hydrogen-bond donors (Lipinski definition) is 1. The van der Waals surface area contributed by atoms with Gasteiger partial charge in [-0.3, -0.25) is 4.79 Å². The second-order valence-electron chi connectivity index (χ2n) is 4.31. The second-order valence-corrected chi connectivity index (χ2v) is 4.31. The van der Waals surface area contributed by atoms with Crippen molar-refractivity contribution in [3.8, 4) is 0 Å². The number of rotatable bonds is 8. The summed E-state index contributed by atoms with van der Waals surface area (Å²) in [6.45, 7) is 4.85. The zero-order valence-corrected chi connectivity index (χ0v) is 10.9. The van der Waals surface area contributed by atoms with Crippen molar-refractivity contribution >= 4 is 5.78 Å². The van der Waals surface area contributed by atoms with E-state index in [4.69, 9.17) is 0 Å². The first-order valence-electron chi connectivity index (χ1n) is 6.58. The van der Waals surface area contributed by atoms with E-state index in [-0.39, 0.29) is 6.04 Å². The zero-order valence-electron chi connectivity index (χ0n) is 10.9. The third kappa shape index (κ3) is 5.14. The Hall–Kier alpha value is -1.15. The minimum Gasteiger partial charge on any atom is -0.308 e. The molecular formula is C15H23NO. The first-order valence-corrected chi connectivity index (χ1v) is 6.58. The second kappa shape index (κ2) is 8.02. The first-order chi connectivity index (χ1) is 8.27. The topological polar surface area (TPSA) is 29.1 Å². The van der Waals surface area contributed by atoms with Crippen molar-refractivity contribution in [3.05, 3.63) is 35.9 Å². The molecule has 0 radical (unpaired) electrons. The Morgan fingerprint density at radius 1 is 1.24 bits per heavy atom. The number of benzene rings is 1. The maximum Gasteiger partial charge on any atom is 0.149 e. The van der Waals surface area contributed by atoms with Gasteiger partial charge in [-0.2, -0.15) is 0 Å². The van der Waals surface area contributed by atoms with Crippen LogP contribution in [0.25, 0.3) is 0 Å². The molecule has 1 atom stereocenters. The molecule has 1 N–H and O–H groups in total. The minimum atomic E-state index is 0.0497. The third-order valence-corrected chi connectivity index (χ3v) is 2.99. The van der Waals surface area contributed by atoms with Gasteiger partial charge in [0.2, 0.25) is 0 Å². The van der Waals surface area contributed by atoms with Crippen molar-refractivity contribution in [1.82, 2.24) is 5.32 Å². The summed E-state index contributed by atoms with van der Waals surface area (Å²) in [6, 6.07) is 10.5. The van der Waals surface area contributed by atoms with Crippen molar-refractivity contribution in [2.75, 3.05) is 6.54 Å². The Morgan fingerprint density at radius 3 is 2.53 bits per heavy atom. The highest BCUT2D eigenvalue weighted by Crippen LogP contribution is 2.08. The first kappa shape index (κ1) is 13.9. The number of hydrogen-bond acceptors (Lipinski definition) is 2. The maximum absolute atomic E-state index is 11.7. The molecule has 0 fully saturated rings. The summed E-state index contributed by atoms with van der Waals surface area (Å²) in [4.78, 5) is 11.7. The fourth-order valence-corrected chi connectivity index (χ4v) is 2.02. The fraction of sp³-hybridized carbons (Fsp3) is 0.533. The number of nitrogens with one attached hydrogen (secondary N) is 1. The molecule has 1 rings (SSSR count). The van der Waals surface area contributed by atoms with E-state index in [1.807, 2.05) is 19.9 Å². The molecule has 17 heavy (non-hydrogen) atoms. The van der Waals surface area contributed by atoms with Crippen LogP contribution in [0, 0.1) is 0 Å². The maximum atomic E-state index is 11.7. The van der Waals surface area contributed by atoms with Crippen LogP contribution in [0.1, 0.15) is 38.7 Å². The van der Waals surface area contributed by atoms with Crippen LogP contribution < -0.4 is 5.32 Å². The summed E-state index contributed by atoms with van der Waals surface area (Å²) in [7, 11) is 0. The SMILES string of the molecule is CCNC(CCCc1ccccc1)C(=O)CC. The van der Waals surface area contributed by atoms with Crippen LogP contribution >= 0.6 is 0 Å². The molecule has 2 heteroatoms. The lowest BCUT2D eigenvalue weighted by Gasteiger charge is -2.15. The van der Waals surface area contributed by atoms with E-state index in [2.05, 4.69) is 29.6 Å². The Kier molecular flexibility index (Phi) is 6.56. The van der Waals surface area contributed by atoms with Crippen LogP contribution in [0.4, 0.5) is 0 Å². The molecule has 0 aliphatic heterocycles. The molecule has 0 aliphatic rings. The quantitative estimate of drug-likeness (QED) is 0.748. The summed E-state index contributed by atoms with van der Waals surface area (Å²) < 4.78 is 0. The van der Waals surface area contributed by atoms with E-state index in [0.29, 0.717) is 12.2 Å². The van der Waals surface area contributed by atoms with Gasteiger partial charge in [-0.15, -0.1) is 0 Å².